The molecular formula is C10H18O6. The highest BCUT2D eigenvalue weighted by Crippen LogP contribution is 2.41. The summed E-state index contributed by atoms with van der Waals surface area (Å²) < 4.78 is 0. The number of hydrogen-bond acceptors (Lipinski definition) is 6. The summed E-state index contributed by atoms with van der Waals surface area (Å²) in [5.41, 5.74) is 0. The average Bonchev–Trinajstić information content (AvgIpc) is 2.26. The molecule has 6 heteroatoms. The van der Waals surface area contributed by atoms with Gasteiger partial charge in [-0.2, -0.15) is 0 Å². The Morgan fingerprint density at radius 1 is 0.500 bits per heavy atom. The van der Waals surface area contributed by atoms with E-state index in [0.717, 1.165) is 0 Å². The summed E-state index contributed by atoms with van der Waals surface area (Å²) in [7, 11) is 0. The lowest BCUT2D eigenvalue weighted by atomic mass is 9.63. The first-order valence-electron chi connectivity index (χ1n) is 5.53. The lowest BCUT2D eigenvalue weighted by Crippen LogP contribution is -2.65. The number of rotatable bonds is 0. The quantitative estimate of drug-likeness (QED) is 0.269. The topological polar surface area (TPSA) is 121 Å². The molecule has 94 valence electrons. The van der Waals surface area contributed by atoms with E-state index in [2.05, 4.69) is 0 Å². The average molecular weight is 234 g/mol. The molecule has 8 atom stereocenters. The van der Waals surface area contributed by atoms with Crippen LogP contribution in [0.4, 0.5) is 0 Å². The number of aliphatic hydroxyl groups is 6. The minimum Gasteiger partial charge on any atom is -0.393 e. The van der Waals surface area contributed by atoms with Crippen molar-refractivity contribution in [2.24, 2.45) is 11.8 Å². The first kappa shape index (κ1) is 12.2. The summed E-state index contributed by atoms with van der Waals surface area (Å²) in [5.74, 6) is -1.59. The second kappa shape index (κ2) is 4.21. The molecule has 16 heavy (non-hydrogen) atoms. The van der Waals surface area contributed by atoms with Crippen molar-refractivity contribution in [2.45, 2.75) is 49.5 Å². The predicted molar refractivity (Wildman–Crippen MR) is 52.3 cm³/mol. The molecule has 0 spiro atoms. The van der Waals surface area contributed by atoms with Gasteiger partial charge >= 0.3 is 0 Å². The standard InChI is InChI=1S/C10H18O6/c11-3-1-2-4(12)6-5(3)7(13)9(15)10(16)8(6)14/h3-16H,1-2H2/t3-,4+,5?,6?,7-,8+,9+,10-. The van der Waals surface area contributed by atoms with Gasteiger partial charge in [0, 0.05) is 11.8 Å². The Morgan fingerprint density at radius 2 is 0.812 bits per heavy atom. The summed E-state index contributed by atoms with van der Waals surface area (Å²) >= 11 is 0. The molecule has 6 N–H and O–H groups in total. The van der Waals surface area contributed by atoms with Gasteiger partial charge in [-0.3, -0.25) is 0 Å². The largest absolute Gasteiger partial charge is 0.393 e. The molecule has 0 aromatic carbocycles. The van der Waals surface area contributed by atoms with Crippen LogP contribution in [0, 0.1) is 11.8 Å². The highest BCUT2D eigenvalue weighted by atomic mass is 16.4. The number of fused-ring (bicyclic) bond motifs is 1. The minimum absolute atomic E-state index is 0.314. The lowest BCUT2D eigenvalue weighted by Gasteiger charge is -2.50. The van der Waals surface area contributed by atoms with E-state index in [1.165, 1.54) is 0 Å². The van der Waals surface area contributed by atoms with Crippen LogP contribution in [0.5, 0.6) is 0 Å². The van der Waals surface area contributed by atoms with E-state index in [0.29, 0.717) is 12.8 Å². The van der Waals surface area contributed by atoms with Crippen molar-refractivity contribution in [2.75, 3.05) is 0 Å². The fourth-order valence-corrected chi connectivity index (χ4v) is 3.01. The maximum Gasteiger partial charge on any atom is 0.109 e. The van der Waals surface area contributed by atoms with Gasteiger partial charge in [0.05, 0.1) is 24.4 Å². The van der Waals surface area contributed by atoms with Crippen LogP contribution in [0.15, 0.2) is 0 Å². The highest BCUT2D eigenvalue weighted by Gasteiger charge is 2.55. The van der Waals surface area contributed by atoms with Gasteiger partial charge in [0.25, 0.3) is 0 Å². The second-order valence-electron chi connectivity index (χ2n) is 4.83. The molecule has 0 radical (unpaired) electrons. The van der Waals surface area contributed by atoms with Gasteiger partial charge in [-0.25, -0.2) is 0 Å². The van der Waals surface area contributed by atoms with Gasteiger partial charge in [0.2, 0.25) is 0 Å². The van der Waals surface area contributed by atoms with Crippen molar-refractivity contribution in [1.29, 1.82) is 0 Å². The monoisotopic (exact) mass is 234 g/mol. The summed E-state index contributed by atoms with van der Waals surface area (Å²) in [6, 6.07) is 0. The Balaban J connectivity index is 2.28. The highest BCUT2D eigenvalue weighted by molar-refractivity contribution is 5.04. The molecule has 2 rings (SSSR count). The van der Waals surface area contributed by atoms with Crippen molar-refractivity contribution in [3.63, 3.8) is 0 Å². The third-order valence-corrected chi connectivity index (χ3v) is 3.93. The van der Waals surface area contributed by atoms with E-state index in [-0.39, 0.29) is 0 Å². The van der Waals surface area contributed by atoms with Gasteiger partial charge < -0.3 is 30.6 Å². The Labute approximate surface area is 92.8 Å². The van der Waals surface area contributed by atoms with Crippen LogP contribution in [0.25, 0.3) is 0 Å². The normalized spacial score (nSPS) is 58.1. The zero-order valence-corrected chi connectivity index (χ0v) is 8.72. The number of hydrogen-bond donors (Lipinski definition) is 6. The summed E-state index contributed by atoms with van der Waals surface area (Å²) in [6.07, 6.45) is -6.75. The molecule has 0 heterocycles. The van der Waals surface area contributed by atoms with E-state index >= 15 is 0 Å². The van der Waals surface area contributed by atoms with Crippen LogP contribution in [0.1, 0.15) is 12.8 Å². The third-order valence-electron chi connectivity index (χ3n) is 3.93. The molecule has 2 aliphatic carbocycles. The summed E-state index contributed by atoms with van der Waals surface area (Å²) in [4.78, 5) is 0. The Hall–Kier alpha value is -0.240. The number of aliphatic hydroxyl groups excluding tert-OH is 6. The Kier molecular flexibility index (Phi) is 3.22. The van der Waals surface area contributed by atoms with Crippen LogP contribution in [-0.4, -0.2) is 67.3 Å². The van der Waals surface area contributed by atoms with Crippen LogP contribution in [0.3, 0.4) is 0 Å². The van der Waals surface area contributed by atoms with Crippen molar-refractivity contribution < 1.29 is 30.6 Å². The van der Waals surface area contributed by atoms with E-state index < -0.39 is 48.5 Å². The molecule has 0 bridgehead atoms. The lowest BCUT2D eigenvalue weighted by molar-refractivity contribution is -0.231. The van der Waals surface area contributed by atoms with Gasteiger partial charge in [0.15, 0.2) is 0 Å². The van der Waals surface area contributed by atoms with E-state index in [1.54, 1.807) is 0 Å². The summed E-state index contributed by atoms with van der Waals surface area (Å²) in [6.45, 7) is 0. The third kappa shape index (κ3) is 1.66. The SMILES string of the molecule is O[C@@H]1[C@H](O)[C@@H](O)C2C([C@H](O)CC[C@@H]2O)[C@H]1O. The molecule has 0 aliphatic heterocycles. The van der Waals surface area contributed by atoms with Crippen LogP contribution < -0.4 is 0 Å². The summed E-state index contributed by atoms with van der Waals surface area (Å²) in [5, 5.41) is 58.0. The van der Waals surface area contributed by atoms with Gasteiger partial charge in [-0.15, -0.1) is 0 Å². The molecule has 0 aromatic rings. The molecule has 2 unspecified atom stereocenters. The van der Waals surface area contributed by atoms with Gasteiger partial charge in [0.1, 0.15) is 12.2 Å². The maximum absolute atomic E-state index is 9.76. The van der Waals surface area contributed by atoms with E-state index in [1.807, 2.05) is 0 Å². The van der Waals surface area contributed by atoms with E-state index in [9.17, 15) is 30.6 Å². The first-order chi connectivity index (χ1) is 7.45. The molecule has 0 amide bonds. The molecule has 6 nitrogen and oxygen atoms in total. The Bertz CT molecular complexity index is 234. The zero-order valence-electron chi connectivity index (χ0n) is 8.72. The fraction of sp³-hybridized carbons (Fsp3) is 1.00. The second-order valence-corrected chi connectivity index (χ2v) is 4.83. The van der Waals surface area contributed by atoms with Crippen LogP contribution in [-0.2, 0) is 0 Å². The fourth-order valence-electron chi connectivity index (χ4n) is 3.01. The minimum atomic E-state index is -1.49. The molecular weight excluding hydrogens is 216 g/mol. The Morgan fingerprint density at radius 3 is 1.12 bits per heavy atom. The molecule has 0 saturated heterocycles. The molecule has 2 aliphatic rings. The first-order valence-corrected chi connectivity index (χ1v) is 5.53. The zero-order chi connectivity index (χ0) is 12.0. The maximum atomic E-state index is 9.76. The van der Waals surface area contributed by atoms with Crippen molar-refractivity contribution in [1.82, 2.24) is 0 Å². The van der Waals surface area contributed by atoms with E-state index in [4.69, 9.17) is 0 Å². The van der Waals surface area contributed by atoms with Crippen LogP contribution in [0.2, 0.25) is 0 Å². The van der Waals surface area contributed by atoms with Crippen molar-refractivity contribution in [3.8, 4) is 0 Å². The molecule has 2 fully saturated rings. The predicted octanol–water partition coefficient (Wildman–Crippen LogP) is -2.81. The van der Waals surface area contributed by atoms with Crippen LogP contribution >= 0.6 is 0 Å². The van der Waals surface area contributed by atoms with Crippen molar-refractivity contribution >= 4 is 0 Å². The molecule has 0 aromatic heterocycles. The van der Waals surface area contributed by atoms with Crippen molar-refractivity contribution in [3.05, 3.63) is 0 Å². The van der Waals surface area contributed by atoms with Gasteiger partial charge in [-0.05, 0) is 12.8 Å². The molecule has 2 saturated carbocycles. The van der Waals surface area contributed by atoms with Gasteiger partial charge in [-0.1, -0.05) is 0 Å². The smallest absolute Gasteiger partial charge is 0.109 e.